The molecule has 0 aromatic heterocycles. The highest BCUT2D eigenvalue weighted by Crippen LogP contribution is 2.33. The lowest BCUT2D eigenvalue weighted by Crippen LogP contribution is -2.26. The summed E-state index contributed by atoms with van der Waals surface area (Å²) in [5.74, 6) is 2.58. The first-order valence-corrected chi connectivity index (χ1v) is 7.77. The lowest BCUT2D eigenvalue weighted by Gasteiger charge is -2.17. The fourth-order valence-electron chi connectivity index (χ4n) is 2.36. The van der Waals surface area contributed by atoms with Crippen molar-refractivity contribution in [1.29, 1.82) is 0 Å². The Morgan fingerprint density at radius 1 is 1.10 bits per heavy atom. The smallest absolute Gasteiger partial charge is 0.165 e. The van der Waals surface area contributed by atoms with Gasteiger partial charge < -0.3 is 14.8 Å². The van der Waals surface area contributed by atoms with E-state index in [1.807, 2.05) is 12.1 Å². The second-order valence-corrected chi connectivity index (χ2v) is 6.05. The van der Waals surface area contributed by atoms with Crippen LogP contribution in [0.2, 0.25) is 0 Å². The quantitative estimate of drug-likeness (QED) is 0.858. The van der Waals surface area contributed by atoms with Crippen LogP contribution in [0.1, 0.15) is 45.6 Å². The Hall–Kier alpha value is -1.22. The Morgan fingerprint density at radius 2 is 1.90 bits per heavy atom. The van der Waals surface area contributed by atoms with Crippen molar-refractivity contribution in [3.05, 3.63) is 23.8 Å². The van der Waals surface area contributed by atoms with Gasteiger partial charge in [0.1, 0.15) is 0 Å². The zero-order valence-electron chi connectivity index (χ0n) is 12.9. The van der Waals surface area contributed by atoms with Crippen molar-refractivity contribution in [3.8, 4) is 11.5 Å². The number of ether oxygens (including phenoxy) is 2. The van der Waals surface area contributed by atoms with Crippen molar-refractivity contribution < 1.29 is 9.47 Å². The molecule has 112 valence electrons. The van der Waals surface area contributed by atoms with Crippen LogP contribution in [0.15, 0.2) is 18.2 Å². The number of hydrogen-bond donors (Lipinski definition) is 1. The first-order chi connectivity index (χ1) is 9.66. The first kappa shape index (κ1) is 15.2. The molecule has 0 fully saturated rings. The highest BCUT2D eigenvalue weighted by atomic mass is 16.5. The molecule has 1 atom stereocenters. The molecule has 0 saturated heterocycles. The molecule has 1 aromatic carbocycles. The van der Waals surface area contributed by atoms with Crippen molar-refractivity contribution in [2.45, 2.75) is 52.6 Å². The van der Waals surface area contributed by atoms with Crippen LogP contribution in [0.3, 0.4) is 0 Å². The normalized spacial score (nSPS) is 16.0. The molecule has 3 nitrogen and oxygen atoms in total. The van der Waals surface area contributed by atoms with E-state index in [1.165, 1.54) is 18.4 Å². The molecule has 0 spiro atoms. The van der Waals surface area contributed by atoms with Crippen LogP contribution in [0.25, 0.3) is 0 Å². The van der Waals surface area contributed by atoms with Gasteiger partial charge in [0.15, 0.2) is 11.5 Å². The number of benzene rings is 1. The Balaban J connectivity index is 1.92. The van der Waals surface area contributed by atoms with E-state index in [0.29, 0.717) is 6.04 Å². The number of nitrogens with one attached hydrogen (secondary N) is 1. The van der Waals surface area contributed by atoms with Gasteiger partial charge in [0.2, 0.25) is 0 Å². The minimum atomic E-state index is 0.528. The molecule has 0 bridgehead atoms. The molecule has 0 saturated carbocycles. The van der Waals surface area contributed by atoms with Gasteiger partial charge in [-0.05, 0) is 31.7 Å². The summed E-state index contributed by atoms with van der Waals surface area (Å²) in [5, 5.41) is 3.59. The molecule has 0 amide bonds. The molecule has 1 aromatic rings. The van der Waals surface area contributed by atoms with E-state index < -0.39 is 0 Å². The average molecular weight is 277 g/mol. The maximum Gasteiger partial charge on any atom is 0.165 e. The lowest BCUT2D eigenvalue weighted by atomic mass is 10.0. The fraction of sp³-hybridized carbons (Fsp3) is 0.647. The molecule has 0 radical (unpaired) electrons. The fourth-order valence-corrected chi connectivity index (χ4v) is 2.36. The summed E-state index contributed by atoms with van der Waals surface area (Å²) < 4.78 is 11.6. The van der Waals surface area contributed by atoms with Gasteiger partial charge in [-0.2, -0.15) is 0 Å². The summed E-state index contributed by atoms with van der Waals surface area (Å²) in [6.07, 6.45) is 3.43. The Bertz CT molecular complexity index is 417. The highest BCUT2D eigenvalue weighted by Gasteiger charge is 2.14. The van der Waals surface area contributed by atoms with E-state index in [0.717, 1.165) is 43.6 Å². The van der Waals surface area contributed by atoms with Crippen LogP contribution in [-0.4, -0.2) is 19.3 Å². The first-order valence-electron chi connectivity index (χ1n) is 7.77. The summed E-state index contributed by atoms with van der Waals surface area (Å²) in [6.45, 7) is 9.12. The number of hydrogen-bond acceptors (Lipinski definition) is 3. The third-order valence-electron chi connectivity index (χ3n) is 3.67. The molecular formula is C17H27NO2. The van der Waals surface area contributed by atoms with Gasteiger partial charge >= 0.3 is 0 Å². The maximum absolute atomic E-state index is 5.85. The Kier molecular flexibility index (Phi) is 5.72. The molecule has 3 heteroatoms. The SMILES string of the molecule is CC(C)CCC(C)NCc1cccc2c1OCCCO2. The molecule has 1 heterocycles. The van der Waals surface area contributed by atoms with Crippen LogP contribution in [0.5, 0.6) is 11.5 Å². The van der Waals surface area contributed by atoms with Crippen molar-refractivity contribution >= 4 is 0 Å². The van der Waals surface area contributed by atoms with Gasteiger partial charge in [-0.25, -0.2) is 0 Å². The van der Waals surface area contributed by atoms with Crippen LogP contribution < -0.4 is 14.8 Å². The monoisotopic (exact) mass is 277 g/mol. The summed E-state index contributed by atoms with van der Waals surface area (Å²) in [7, 11) is 0. The molecule has 1 N–H and O–H groups in total. The second kappa shape index (κ2) is 7.53. The van der Waals surface area contributed by atoms with Crippen molar-refractivity contribution in [3.63, 3.8) is 0 Å². The van der Waals surface area contributed by atoms with E-state index in [1.54, 1.807) is 0 Å². The van der Waals surface area contributed by atoms with Crippen molar-refractivity contribution in [2.75, 3.05) is 13.2 Å². The van der Waals surface area contributed by atoms with Crippen molar-refractivity contribution in [2.24, 2.45) is 5.92 Å². The third-order valence-corrected chi connectivity index (χ3v) is 3.67. The molecule has 1 unspecified atom stereocenters. The Morgan fingerprint density at radius 3 is 2.70 bits per heavy atom. The molecule has 20 heavy (non-hydrogen) atoms. The topological polar surface area (TPSA) is 30.5 Å². The maximum atomic E-state index is 5.85. The number of rotatable bonds is 6. The van der Waals surface area contributed by atoms with E-state index >= 15 is 0 Å². The standard InChI is InChI=1S/C17H27NO2/c1-13(2)8-9-14(3)18-12-15-6-4-7-16-17(15)20-11-5-10-19-16/h4,6-7,13-14,18H,5,8-12H2,1-3H3. The lowest BCUT2D eigenvalue weighted by molar-refractivity contribution is 0.295. The van der Waals surface area contributed by atoms with Gasteiger partial charge in [0.05, 0.1) is 13.2 Å². The minimum absolute atomic E-state index is 0.528. The van der Waals surface area contributed by atoms with Crippen LogP contribution in [0, 0.1) is 5.92 Å². The molecule has 1 aliphatic heterocycles. The summed E-state index contributed by atoms with van der Waals surface area (Å²) in [5.41, 5.74) is 1.20. The van der Waals surface area contributed by atoms with Gasteiger partial charge in [-0.3, -0.25) is 0 Å². The number of para-hydroxylation sites is 1. The van der Waals surface area contributed by atoms with Gasteiger partial charge in [0.25, 0.3) is 0 Å². The van der Waals surface area contributed by atoms with Crippen LogP contribution in [0.4, 0.5) is 0 Å². The van der Waals surface area contributed by atoms with Gasteiger partial charge in [-0.1, -0.05) is 26.0 Å². The number of fused-ring (bicyclic) bond motifs is 1. The average Bonchev–Trinajstić information content (AvgIpc) is 2.68. The highest BCUT2D eigenvalue weighted by molar-refractivity contribution is 5.47. The van der Waals surface area contributed by atoms with Gasteiger partial charge in [0, 0.05) is 24.6 Å². The zero-order chi connectivity index (χ0) is 14.4. The third kappa shape index (κ3) is 4.41. The molecule has 0 aliphatic carbocycles. The van der Waals surface area contributed by atoms with E-state index in [2.05, 4.69) is 32.2 Å². The summed E-state index contributed by atoms with van der Waals surface area (Å²) in [4.78, 5) is 0. The van der Waals surface area contributed by atoms with E-state index in [-0.39, 0.29) is 0 Å². The zero-order valence-corrected chi connectivity index (χ0v) is 12.9. The predicted octanol–water partition coefficient (Wildman–Crippen LogP) is 3.76. The van der Waals surface area contributed by atoms with Crippen molar-refractivity contribution in [1.82, 2.24) is 5.32 Å². The molecule has 2 rings (SSSR count). The largest absolute Gasteiger partial charge is 0.490 e. The minimum Gasteiger partial charge on any atom is -0.490 e. The van der Waals surface area contributed by atoms with Gasteiger partial charge in [-0.15, -0.1) is 0 Å². The van der Waals surface area contributed by atoms with Crippen LogP contribution >= 0.6 is 0 Å². The molecule has 1 aliphatic rings. The predicted molar refractivity (Wildman–Crippen MR) is 82.4 cm³/mol. The van der Waals surface area contributed by atoms with E-state index in [9.17, 15) is 0 Å². The van der Waals surface area contributed by atoms with Crippen LogP contribution in [-0.2, 0) is 6.54 Å². The Labute approximate surface area is 122 Å². The second-order valence-electron chi connectivity index (χ2n) is 6.05. The van der Waals surface area contributed by atoms with E-state index in [4.69, 9.17) is 9.47 Å². The summed E-state index contributed by atoms with van der Waals surface area (Å²) in [6, 6.07) is 6.69. The summed E-state index contributed by atoms with van der Waals surface area (Å²) >= 11 is 0. The molecular weight excluding hydrogens is 250 g/mol.